The molecule has 2 rings (SSSR count). The van der Waals surface area contributed by atoms with Crippen LogP contribution in [0.1, 0.15) is 17.4 Å². The molecule has 2 heterocycles. The Bertz CT molecular complexity index is 663. The third kappa shape index (κ3) is 2.14. The number of nitrogens with zero attached hydrogens (tertiary/aromatic N) is 3. The predicted octanol–water partition coefficient (Wildman–Crippen LogP) is -0.516. The molecule has 2 N–H and O–H groups in total. The number of hydrogen-bond acceptors (Lipinski definition) is 6. The summed E-state index contributed by atoms with van der Waals surface area (Å²) in [6.07, 6.45) is 1.67. The van der Waals surface area contributed by atoms with Gasteiger partial charge in [-0.2, -0.15) is 4.98 Å². The molecule has 1 amide bonds. The second-order valence-corrected chi connectivity index (χ2v) is 3.18. The molecule has 0 unspecified atom stereocenters. The van der Waals surface area contributed by atoms with Crippen LogP contribution < -0.4 is 10.9 Å². The average molecular weight is 233 g/mol. The number of amides is 1. The lowest BCUT2D eigenvalue weighted by Gasteiger charge is -2.01. The van der Waals surface area contributed by atoms with Crippen molar-refractivity contribution in [1.82, 2.24) is 19.9 Å². The molecule has 0 saturated heterocycles. The molecule has 0 atom stereocenters. The number of hydrogen-bond donors (Lipinski definition) is 2. The van der Waals surface area contributed by atoms with E-state index >= 15 is 0 Å². The molecule has 8 nitrogen and oxygen atoms in total. The van der Waals surface area contributed by atoms with Crippen molar-refractivity contribution in [3.8, 4) is 0 Å². The summed E-state index contributed by atoms with van der Waals surface area (Å²) >= 11 is 0. The quantitative estimate of drug-likeness (QED) is 0.674. The van der Waals surface area contributed by atoms with Crippen molar-refractivity contribution in [1.29, 1.82) is 0 Å². The van der Waals surface area contributed by atoms with E-state index < -0.39 is 5.56 Å². The SMILES string of the molecule is CC(=O)Nc1nc2ncc(C=O)nc2c(=O)[nH]1. The number of rotatable bonds is 2. The molecular weight excluding hydrogens is 226 g/mol. The molecule has 86 valence electrons. The normalized spacial score (nSPS) is 10.2. The van der Waals surface area contributed by atoms with Crippen LogP contribution in [0, 0.1) is 0 Å². The Balaban J connectivity index is 2.63. The van der Waals surface area contributed by atoms with Gasteiger partial charge in [-0.1, -0.05) is 0 Å². The van der Waals surface area contributed by atoms with E-state index in [9.17, 15) is 14.4 Å². The third-order valence-corrected chi connectivity index (χ3v) is 1.85. The van der Waals surface area contributed by atoms with Gasteiger partial charge in [0.2, 0.25) is 11.9 Å². The van der Waals surface area contributed by atoms with E-state index in [-0.39, 0.29) is 28.7 Å². The number of anilines is 1. The lowest BCUT2D eigenvalue weighted by atomic mass is 10.4. The second-order valence-electron chi connectivity index (χ2n) is 3.18. The zero-order chi connectivity index (χ0) is 12.4. The maximum absolute atomic E-state index is 11.6. The van der Waals surface area contributed by atoms with Gasteiger partial charge in [0.15, 0.2) is 17.5 Å². The summed E-state index contributed by atoms with van der Waals surface area (Å²) in [5.41, 5.74) is -0.529. The minimum atomic E-state index is -0.574. The predicted molar refractivity (Wildman–Crippen MR) is 57.6 cm³/mol. The van der Waals surface area contributed by atoms with Crippen LogP contribution in [-0.4, -0.2) is 32.1 Å². The van der Waals surface area contributed by atoms with E-state index in [1.54, 1.807) is 0 Å². The molecule has 2 aromatic heterocycles. The first kappa shape index (κ1) is 10.9. The monoisotopic (exact) mass is 233 g/mol. The van der Waals surface area contributed by atoms with E-state index in [0.717, 1.165) is 0 Å². The lowest BCUT2D eigenvalue weighted by molar-refractivity contribution is -0.114. The Hall–Kier alpha value is -2.64. The number of fused-ring (bicyclic) bond motifs is 1. The van der Waals surface area contributed by atoms with E-state index in [1.807, 2.05) is 0 Å². The third-order valence-electron chi connectivity index (χ3n) is 1.85. The van der Waals surface area contributed by atoms with Crippen molar-refractivity contribution < 1.29 is 9.59 Å². The van der Waals surface area contributed by atoms with Gasteiger partial charge in [-0.25, -0.2) is 9.97 Å². The first-order valence-corrected chi connectivity index (χ1v) is 4.60. The highest BCUT2D eigenvalue weighted by atomic mass is 16.2. The van der Waals surface area contributed by atoms with Gasteiger partial charge in [0, 0.05) is 6.92 Å². The molecule has 0 fully saturated rings. The molecular formula is C9H7N5O3. The summed E-state index contributed by atoms with van der Waals surface area (Å²) in [5.74, 6) is -0.381. The molecule has 8 heteroatoms. The Morgan fingerprint density at radius 3 is 2.88 bits per heavy atom. The number of H-pyrrole nitrogens is 1. The van der Waals surface area contributed by atoms with E-state index in [2.05, 4.69) is 25.3 Å². The fourth-order valence-corrected chi connectivity index (χ4v) is 1.21. The lowest BCUT2D eigenvalue weighted by Crippen LogP contribution is -2.17. The Morgan fingerprint density at radius 1 is 1.47 bits per heavy atom. The molecule has 0 spiro atoms. The summed E-state index contributed by atoms with van der Waals surface area (Å²) < 4.78 is 0. The Kier molecular flexibility index (Phi) is 2.61. The number of aromatic amines is 1. The van der Waals surface area contributed by atoms with Crippen molar-refractivity contribution in [3.05, 3.63) is 22.2 Å². The fourth-order valence-electron chi connectivity index (χ4n) is 1.21. The number of nitrogens with one attached hydrogen (secondary N) is 2. The molecule has 0 aliphatic rings. The number of carbonyl (C=O) groups is 2. The minimum absolute atomic E-state index is 0.0110. The van der Waals surface area contributed by atoms with Gasteiger partial charge >= 0.3 is 0 Å². The van der Waals surface area contributed by atoms with Crippen LogP contribution >= 0.6 is 0 Å². The van der Waals surface area contributed by atoms with E-state index in [4.69, 9.17) is 0 Å². The highest BCUT2D eigenvalue weighted by molar-refractivity contribution is 5.87. The van der Waals surface area contributed by atoms with Crippen molar-refractivity contribution in [2.24, 2.45) is 0 Å². The maximum Gasteiger partial charge on any atom is 0.280 e. The largest absolute Gasteiger partial charge is 0.296 e. The van der Waals surface area contributed by atoms with Gasteiger partial charge in [-0.3, -0.25) is 24.7 Å². The van der Waals surface area contributed by atoms with Gasteiger partial charge < -0.3 is 0 Å². The summed E-state index contributed by atoms with van der Waals surface area (Å²) in [6, 6.07) is 0. The molecule has 17 heavy (non-hydrogen) atoms. The highest BCUT2D eigenvalue weighted by Crippen LogP contribution is 2.03. The first-order chi connectivity index (χ1) is 8.10. The number of carbonyl (C=O) groups excluding carboxylic acids is 2. The topological polar surface area (TPSA) is 118 Å². The van der Waals surface area contributed by atoms with Crippen molar-refractivity contribution >= 4 is 29.3 Å². The Labute approximate surface area is 94.1 Å². The van der Waals surface area contributed by atoms with Crippen LogP contribution in [0.2, 0.25) is 0 Å². The summed E-state index contributed by atoms with van der Waals surface area (Å²) in [4.78, 5) is 46.6. The molecule has 0 bridgehead atoms. The van der Waals surface area contributed by atoms with Crippen LogP contribution in [0.3, 0.4) is 0 Å². The molecule has 0 saturated carbocycles. The summed E-state index contributed by atoms with van der Waals surface area (Å²) in [5, 5.41) is 2.32. The van der Waals surface area contributed by atoms with Crippen molar-refractivity contribution in [2.75, 3.05) is 5.32 Å². The smallest absolute Gasteiger partial charge is 0.280 e. The maximum atomic E-state index is 11.6. The zero-order valence-corrected chi connectivity index (χ0v) is 8.72. The van der Waals surface area contributed by atoms with Gasteiger partial charge in [-0.05, 0) is 0 Å². The van der Waals surface area contributed by atoms with Crippen LogP contribution in [0.15, 0.2) is 11.0 Å². The van der Waals surface area contributed by atoms with Crippen LogP contribution in [0.5, 0.6) is 0 Å². The second kappa shape index (κ2) is 4.08. The fraction of sp³-hybridized carbons (Fsp3) is 0.111. The van der Waals surface area contributed by atoms with E-state index in [1.165, 1.54) is 13.1 Å². The average Bonchev–Trinajstić information content (AvgIpc) is 2.28. The standard InChI is InChI=1S/C9H7N5O3/c1-4(16)11-9-13-7-6(8(17)14-9)12-5(3-15)2-10-7/h2-3H,1H3,(H2,10,11,13,14,16,17). The number of aromatic nitrogens is 4. The first-order valence-electron chi connectivity index (χ1n) is 4.60. The van der Waals surface area contributed by atoms with Crippen LogP contribution in [-0.2, 0) is 4.79 Å². The van der Waals surface area contributed by atoms with Gasteiger partial charge in [0.25, 0.3) is 5.56 Å². The molecule has 0 aliphatic carbocycles. The van der Waals surface area contributed by atoms with Crippen molar-refractivity contribution in [2.45, 2.75) is 6.92 Å². The molecule has 2 aromatic rings. The van der Waals surface area contributed by atoms with Crippen molar-refractivity contribution in [3.63, 3.8) is 0 Å². The number of aldehydes is 1. The van der Waals surface area contributed by atoms with Gasteiger partial charge in [-0.15, -0.1) is 0 Å². The van der Waals surface area contributed by atoms with Gasteiger partial charge in [0.05, 0.1) is 6.20 Å². The highest BCUT2D eigenvalue weighted by Gasteiger charge is 2.08. The summed E-state index contributed by atoms with van der Waals surface area (Å²) in [7, 11) is 0. The minimum Gasteiger partial charge on any atom is -0.296 e. The van der Waals surface area contributed by atoms with Crippen LogP contribution in [0.25, 0.3) is 11.2 Å². The molecule has 0 aromatic carbocycles. The van der Waals surface area contributed by atoms with Gasteiger partial charge in [0.1, 0.15) is 5.69 Å². The summed E-state index contributed by atoms with van der Waals surface area (Å²) in [6.45, 7) is 1.28. The molecule has 0 aliphatic heterocycles. The van der Waals surface area contributed by atoms with Crippen LogP contribution in [0.4, 0.5) is 5.95 Å². The molecule has 0 radical (unpaired) electrons. The Morgan fingerprint density at radius 2 is 2.24 bits per heavy atom. The van der Waals surface area contributed by atoms with E-state index in [0.29, 0.717) is 6.29 Å². The zero-order valence-electron chi connectivity index (χ0n) is 8.72.